The highest BCUT2D eigenvalue weighted by Crippen LogP contribution is 2.31. The van der Waals surface area contributed by atoms with Gasteiger partial charge in [-0.3, -0.25) is 0 Å². The molecule has 0 saturated carbocycles. The number of benzene rings is 1. The van der Waals surface area contributed by atoms with Gasteiger partial charge in [-0.2, -0.15) is 0 Å². The van der Waals surface area contributed by atoms with Crippen LogP contribution in [0, 0.1) is 11.8 Å². The van der Waals surface area contributed by atoms with Crippen LogP contribution >= 0.6 is 0 Å². The Morgan fingerprint density at radius 3 is 2.19 bits per heavy atom. The summed E-state index contributed by atoms with van der Waals surface area (Å²) in [6, 6.07) is 8.84. The molecule has 10 atom stereocenters. The molecule has 1 aromatic carbocycles. The van der Waals surface area contributed by atoms with E-state index in [1.807, 2.05) is 6.07 Å². The van der Waals surface area contributed by atoms with Crippen LogP contribution < -0.4 is 0 Å². The zero-order valence-corrected chi connectivity index (χ0v) is 17.0. The molecule has 2 heterocycles. The van der Waals surface area contributed by atoms with Crippen LogP contribution in [-0.4, -0.2) is 115 Å². The van der Waals surface area contributed by atoms with Crippen LogP contribution in [0.25, 0.3) is 0 Å². The summed E-state index contributed by atoms with van der Waals surface area (Å²) in [5.74, 6) is 3.12. The number of rotatable bonds is 5. The summed E-state index contributed by atoms with van der Waals surface area (Å²) in [4.78, 5) is 0. The lowest BCUT2D eigenvalue weighted by Crippen LogP contribution is -2.65. The zero-order chi connectivity index (χ0) is 23.5. The van der Waals surface area contributed by atoms with Crippen molar-refractivity contribution in [3.05, 3.63) is 35.9 Å². The van der Waals surface area contributed by atoms with E-state index in [0.717, 1.165) is 0 Å². The molecule has 178 valence electrons. The Labute approximate surface area is 184 Å². The normalized spacial score (nSPS) is 42.2. The molecule has 2 saturated heterocycles. The van der Waals surface area contributed by atoms with Gasteiger partial charge in [0.2, 0.25) is 5.79 Å². The van der Waals surface area contributed by atoms with Crippen LogP contribution in [0.5, 0.6) is 0 Å². The standard InChI is InChI=1S/C21H28O11/c22-9-12-14(23)16(25)18(27)20(31-12)30-10-13-15(24)17(26)19(28)21(29,32-13)8-4-7-11-5-2-1-3-6-11/h1-3,5-6,12-20,22-29H,8-10H2/t12-,13-,14-,15-,16+,17+,18-,19-,20-,21-/m1/s1. The highest BCUT2D eigenvalue weighted by atomic mass is 16.7. The number of ether oxygens (including phenoxy) is 3. The molecule has 3 rings (SSSR count). The highest BCUT2D eigenvalue weighted by Gasteiger charge is 2.53. The Morgan fingerprint density at radius 1 is 0.875 bits per heavy atom. The van der Waals surface area contributed by atoms with Gasteiger partial charge in [0.25, 0.3) is 0 Å². The van der Waals surface area contributed by atoms with Gasteiger partial charge in [-0.1, -0.05) is 30.0 Å². The minimum absolute atomic E-state index is 0.399. The summed E-state index contributed by atoms with van der Waals surface area (Å²) in [7, 11) is 0. The second kappa shape index (κ2) is 10.5. The summed E-state index contributed by atoms with van der Waals surface area (Å²) in [5, 5.41) is 80.3. The maximum Gasteiger partial charge on any atom is 0.206 e. The molecule has 8 N–H and O–H groups in total. The Hall–Kier alpha value is -1.66. The van der Waals surface area contributed by atoms with Crippen LogP contribution in [0.15, 0.2) is 30.3 Å². The third-order valence-corrected chi connectivity index (χ3v) is 5.49. The summed E-state index contributed by atoms with van der Waals surface area (Å²) in [5.41, 5.74) is 0.657. The summed E-state index contributed by atoms with van der Waals surface area (Å²) >= 11 is 0. The van der Waals surface area contributed by atoms with Crippen molar-refractivity contribution >= 4 is 0 Å². The Bertz CT molecular complexity index is 794. The van der Waals surface area contributed by atoms with Crippen LogP contribution in [0.2, 0.25) is 0 Å². The van der Waals surface area contributed by atoms with Gasteiger partial charge in [0.1, 0.15) is 48.8 Å². The second-order valence-corrected chi connectivity index (χ2v) is 7.80. The van der Waals surface area contributed by atoms with Crippen LogP contribution in [0.3, 0.4) is 0 Å². The molecule has 2 aliphatic rings. The summed E-state index contributed by atoms with van der Waals surface area (Å²) in [6.07, 6.45) is -14.7. The van der Waals surface area contributed by atoms with Gasteiger partial charge in [-0.05, 0) is 12.1 Å². The largest absolute Gasteiger partial charge is 0.394 e. The minimum atomic E-state index is -2.33. The van der Waals surface area contributed by atoms with E-state index in [1.54, 1.807) is 24.3 Å². The third kappa shape index (κ3) is 5.28. The lowest BCUT2D eigenvalue weighted by molar-refractivity contribution is -0.360. The molecule has 32 heavy (non-hydrogen) atoms. The van der Waals surface area contributed by atoms with Gasteiger partial charge < -0.3 is 55.1 Å². The van der Waals surface area contributed by atoms with E-state index in [2.05, 4.69) is 11.8 Å². The van der Waals surface area contributed by atoms with Gasteiger partial charge in [0.15, 0.2) is 6.29 Å². The average molecular weight is 456 g/mol. The molecule has 2 aliphatic heterocycles. The van der Waals surface area contributed by atoms with E-state index >= 15 is 0 Å². The van der Waals surface area contributed by atoms with Crippen molar-refractivity contribution < 1.29 is 55.1 Å². The second-order valence-electron chi connectivity index (χ2n) is 7.80. The van der Waals surface area contributed by atoms with Gasteiger partial charge in [-0.15, -0.1) is 0 Å². The SMILES string of the molecule is OC[C@H]1O[C@@H](OC[C@H]2O[C@](O)(CC#Cc3ccccc3)[C@H](O)[C@@H](O)[C@@H]2O)[C@H](O)[C@@H](O)[C@@H]1O. The monoisotopic (exact) mass is 456 g/mol. The molecule has 0 radical (unpaired) electrons. The first-order valence-electron chi connectivity index (χ1n) is 10.1. The van der Waals surface area contributed by atoms with Crippen molar-refractivity contribution in [2.75, 3.05) is 13.2 Å². The fourth-order valence-electron chi connectivity index (χ4n) is 3.54. The lowest BCUT2D eigenvalue weighted by Gasteiger charge is -2.46. The van der Waals surface area contributed by atoms with Crippen molar-refractivity contribution in [1.29, 1.82) is 0 Å². The van der Waals surface area contributed by atoms with E-state index in [9.17, 15) is 40.9 Å². The van der Waals surface area contributed by atoms with E-state index in [4.69, 9.17) is 14.2 Å². The molecular formula is C21H28O11. The first-order valence-corrected chi connectivity index (χ1v) is 10.1. The molecule has 0 bridgehead atoms. The first kappa shape index (κ1) is 25.0. The quantitative estimate of drug-likeness (QED) is 0.205. The van der Waals surface area contributed by atoms with Crippen molar-refractivity contribution in [3.63, 3.8) is 0 Å². The number of hydrogen-bond donors (Lipinski definition) is 8. The van der Waals surface area contributed by atoms with Crippen LogP contribution in [-0.2, 0) is 14.2 Å². The van der Waals surface area contributed by atoms with Gasteiger partial charge in [0.05, 0.1) is 19.6 Å². The van der Waals surface area contributed by atoms with Crippen LogP contribution in [0.4, 0.5) is 0 Å². The molecule has 11 nitrogen and oxygen atoms in total. The van der Waals surface area contributed by atoms with Gasteiger partial charge in [-0.25, -0.2) is 0 Å². The predicted octanol–water partition coefficient (Wildman–Crippen LogP) is -3.59. The van der Waals surface area contributed by atoms with Crippen molar-refractivity contribution in [3.8, 4) is 11.8 Å². The van der Waals surface area contributed by atoms with Crippen molar-refractivity contribution in [2.24, 2.45) is 0 Å². The maximum absolute atomic E-state index is 10.7. The molecule has 0 amide bonds. The highest BCUT2D eigenvalue weighted by molar-refractivity contribution is 5.33. The van der Waals surface area contributed by atoms with Crippen LogP contribution in [0.1, 0.15) is 12.0 Å². The summed E-state index contributed by atoms with van der Waals surface area (Å²) in [6.45, 7) is -1.19. The molecule has 11 heteroatoms. The lowest BCUT2D eigenvalue weighted by atomic mass is 9.91. The van der Waals surface area contributed by atoms with Gasteiger partial charge in [0, 0.05) is 5.56 Å². The Morgan fingerprint density at radius 2 is 1.53 bits per heavy atom. The molecular weight excluding hydrogens is 428 g/mol. The number of aliphatic hydroxyl groups excluding tert-OH is 7. The predicted molar refractivity (Wildman–Crippen MR) is 105 cm³/mol. The third-order valence-electron chi connectivity index (χ3n) is 5.49. The fraction of sp³-hybridized carbons (Fsp3) is 0.619. The molecule has 0 unspecified atom stereocenters. The van der Waals surface area contributed by atoms with E-state index in [1.165, 1.54) is 0 Å². The molecule has 2 fully saturated rings. The topological polar surface area (TPSA) is 190 Å². The Balaban J connectivity index is 1.66. The maximum atomic E-state index is 10.7. The number of hydrogen-bond acceptors (Lipinski definition) is 11. The average Bonchev–Trinajstić information content (AvgIpc) is 2.79. The fourth-order valence-corrected chi connectivity index (χ4v) is 3.54. The first-order chi connectivity index (χ1) is 15.2. The van der Waals surface area contributed by atoms with Crippen molar-refractivity contribution in [2.45, 2.75) is 67.3 Å². The van der Waals surface area contributed by atoms with E-state index in [0.29, 0.717) is 5.56 Å². The van der Waals surface area contributed by atoms with Gasteiger partial charge >= 0.3 is 0 Å². The smallest absolute Gasteiger partial charge is 0.206 e. The molecule has 1 aromatic rings. The molecule has 0 aromatic heterocycles. The minimum Gasteiger partial charge on any atom is -0.394 e. The van der Waals surface area contributed by atoms with E-state index < -0.39 is 80.5 Å². The van der Waals surface area contributed by atoms with E-state index in [-0.39, 0.29) is 0 Å². The molecule has 0 aliphatic carbocycles. The zero-order valence-electron chi connectivity index (χ0n) is 17.0. The van der Waals surface area contributed by atoms with Crippen molar-refractivity contribution in [1.82, 2.24) is 0 Å². The summed E-state index contributed by atoms with van der Waals surface area (Å²) < 4.78 is 15.9. The Kier molecular flexibility index (Phi) is 8.21. The number of aliphatic hydroxyl groups is 8. The molecule has 0 spiro atoms.